The number of thiocarbonyl (C=S) groups is 1. The van der Waals surface area contributed by atoms with Gasteiger partial charge in [-0.05, 0) is 36.8 Å². The second-order valence-corrected chi connectivity index (χ2v) is 8.34. The van der Waals surface area contributed by atoms with Gasteiger partial charge in [-0.2, -0.15) is 0 Å². The molecule has 1 aromatic rings. The Balaban J connectivity index is 1.78. The number of hydrogen-bond donors (Lipinski definition) is 2. The van der Waals surface area contributed by atoms with Crippen LogP contribution in [0, 0.1) is 0 Å². The van der Waals surface area contributed by atoms with Gasteiger partial charge < -0.3 is 15.5 Å². The van der Waals surface area contributed by atoms with Gasteiger partial charge >= 0.3 is 0 Å². The molecule has 0 bridgehead atoms. The summed E-state index contributed by atoms with van der Waals surface area (Å²) in [4.78, 5) is 2.32. The highest BCUT2D eigenvalue weighted by atomic mass is 32.2. The SMILES string of the molecule is CNC(CCSC(=S)N1CCNCC1)(C1=CC=CC=C=C1)c1ccccc1. The molecule has 0 amide bonds. The van der Waals surface area contributed by atoms with Crippen molar-refractivity contribution in [3.05, 3.63) is 77.6 Å². The van der Waals surface area contributed by atoms with Crippen molar-refractivity contribution in [1.29, 1.82) is 0 Å². The fraction of sp³-hybridized carbons (Fsp3) is 0.364. The lowest BCUT2D eigenvalue weighted by molar-refractivity contribution is 0.367. The lowest BCUT2D eigenvalue weighted by atomic mass is 9.80. The molecular weight excluding hydrogens is 370 g/mol. The van der Waals surface area contributed by atoms with Crippen molar-refractivity contribution in [3.8, 4) is 0 Å². The molecule has 0 radical (unpaired) electrons. The average molecular weight is 398 g/mol. The van der Waals surface area contributed by atoms with Crippen LogP contribution in [-0.4, -0.2) is 48.2 Å². The summed E-state index contributed by atoms with van der Waals surface area (Å²) < 4.78 is 1.01. The number of allylic oxidation sites excluding steroid dienone is 3. The van der Waals surface area contributed by atoms with E-state index in [1.807, 2.05) is 19.2 Å². The molecule has 0 saturated carbocycles. The summed E-state index contributed by atoms with van der Waals surface area (Å²) in [5.74, 6) is 0.955. The van der Waals surface area contributed by atoms with E-state index in [2.05, 4.69) is 69.8 Å². The summed E-state index contributed by atoms with van der Waals surface area (Å²) >= 11 is 7.47. The summed E-state index contributed by atoms with van der Waals surface area (Å²) in [5.41, 5.74) is 5.49. The van der Waals surface area contributed by atoms with E-state index in [4.69, 9.17) is 12.2 Å². The lowest BCUT2D eigenvalue weighted by Crippen LogP contribution is -2.45. The fourth-order valence-corrected chi connectivity index (χ4v) is 4.92. The monoisotopic (exact) mass is 397 g/mol. The number of rotatable bonds is 6. The second kappa shape index (κ2) is 10.1. The van der Waals surface area contributed by atoms with Crippen LogP contribution in [0.2, 0.25) is 0 Å². The summed E-state index contributed by atoms with van der Waals surface area (Å²) in [5, 5.41) is 7.00. The quantitative estimate of drug-likeness (QED) is 0.565. The highest BCUT2D eigenvalue weighted by Gasteiger charge is 2.33. The molecule has 2 aliphatic rings. The largest absolute Gasteiger partial charge is 0.355 e. The molecule has 1 atom stereocenters. The molecule has 1 aliphatic carbocycles. The second-order valence-electron chi connectivity index (χ2n) is 6.61. The van der Waals surface area contributed by atoms with Crippen molar-refractivity contribution >= 4 is 28.3 Å². The van der Waals surface area contributed by atoms with E-state index in [1.165, 1.54) is 11.1 Å². The van der Waals surface area contributed by atoms with Crippen molar-refractivity contribution in [2.24, 2.45) is 0 Å². The lowest BCUT2D eigenvalue weighted by Gasteiger charge is -2.36. The van der Waals surface area contributed by atoms with Crippen LogP contribution in [0.15, 0.2) is 72.0 Å². The molecule has 27 heavy (non-hydrogen) atoms. The number of nitrogens with one attached hydrogen (secondary N) is 2. The van der Waals surface area contributed by atoms with E-state index in [0.29, 0.717) is 0 Å². The molecule has 1 unspecified atom stereocenters. The Morgan fingerprint density at radius 2 is 2.04 bits per heavy atom. The van der Waals surface area contributed by atoms with Gasteiger partial charge in [0.05, 0.1) is 5.54 Å². The Morgan fingerprint density at radius 3 is 2.78 bits per heavy atom. The third kappa shape index (κ3) is 5.01. The summed E-state index contributed by atoms with van der Waals surface area (Å²) in [6.07, 6.45) is 11.3. The molecule has 1 heterocycles. The Kier molecular flexibility index (Phi) is 7.50. The van der Waals surface area contributed by atoms with Crippen LogP contribution in [0.3, 0.4) is 0 Å². The van der Waals surface area contributed by atoms with Gasteiger partial charge in [-0.25, -0.2) is 0 Å². The van der Waals surface area contributed by atoms with Gasteiger partial charge in [-0.3, -0.25) is 0 Å². The molecule has 0 aromatic heterocycles. The zero-order valence-corrected chi connectivity index (χ0v) is 17.4. The maximum Gasteiger partial charge on any atom is 0.136 e. The molecule has 3 nitrogen and oxygen atoms in total. The smallest absolute Gasteiger partial charge is 0.136 e. The van der Waals surface area contributed by atoms with E-state index < -0.39 is 0 Å². The van der Waals surface area contributed by atoms with Gasteiger partial charge in [0.15, 0.2) is 0 Å². The van der Waals surface area contributed by atoms with Crippen molar-refractivity contribution < 1.29 is 0 Å². The Labute approximate surface area is 172 Å². The average Bonchev–Trinajstić information content (AvgIpc) is 3.02. The third-order valence-corrected chi connectivity index (χ3v) is 6.61. The number of hydrogen-bond acceptors (Lipinski definition) is 4. The number of piperazine rings is 1. The highest BCUT2D eigenvalue weighted by molar-refractivity contribution is 8.22. The van der Waals surface area contributed by atoms with Gasteiger partial charge in [0.1, 0.15) is 4.32 Å². The first-order valence-electron chi connectivity index (χ1n) is 9.43. The standard InChI is InChI=1S/C22H27N3S2/c1-23-22(20-11-7-4-8-12-20,19-9-5-2-3-6-10-19)13-18-27-21(26)25-16-14-24-15-17-25/h2-5,7-12,23-24H,13-18H2,1H3. The van der Waals surface area contributed by atoms with E-state index in [-0.39, 0.29) is 5.54 Å². The van der Waals surface area contributed by atoms with Crippen LogP contribution < -0.4 is 10.6 Å². The Hall–Kier alpha value is -1.62. The first kappa shape index (κ1) is 20.1. The molecule has 1 aromatic carbocycles. The first-order valence-corrected chi connectivity index (χ1v) is 10.8. The summed E-state index contributed by atoms with van der Waals surface area (Å²) in [6.45, 7) is 4.04. The molecular formula is C22H27N3S2. The zero-order chi connectivity index (χ0) is 19.0. The predicted molar refractivity (Wildman–Crippen MR) is 121 cm³/mol. The Morgan fingerprint density at radius 1 is 1.26 bits per heavy atom. The van der Waals surface area contributed by atoms with Crippen LogP contribution in [0.1, 0.15) is 12.0 Å². The molecule has 142 valence electrons. The summed E-state index contributed by atoms with van der Waals surface area (Å²) in [7, 11) is 2.04. The van der Waals surface area contributed by atoms with Crippen LogP contribution in [0.5, 0.6) is 0 Å². The van der Waals surface area contributed by atoms with E-state index >= 15 is 0 Å². The molecule has 2 N–H and O–H groups in total. The highest BCUT2D eigenvalue weighted by Crippen LogP contribution is 2.35. The molecule has 3 rings (SSSR count). The first-order chi connectivity index (χ1) is 13.3. The zero-order valence-electron chi connectivity index (χ0n) is 15.8. The predicted octanol–water partition coefficient (Wildman–Crippen LogP) is 3.62. The maximum absolute atomic E-state index is 5.68. The van der Waals surface area contributed by atoms with Crippen LogP contribution in [0.25, 0.3) is 0 Å². The minimum Gasteiger partial charge on any atom is -0.355 e. The van der Waals surface area contributed by atoms with Gasteiger partial charge in [0.25, 0.3) is 0 Å². The molecule has 1 aliphatic heterocycles. The number of thioether (sulfide) groups is 1. The molecule has 5 heteroatoms. The fourth-order valence-electron chi connectivity index (χ4n) is 3.54. The van der Waals surface area contributed by atoms with Crippen molar-refractivity contribution in [3.63, 3.8) is 0 Å². The maximum atomic E-state index is 5.68. The van der Waals surface area contributed by atoms with Gasteiger partial charge in [-0.15, -0.1) is 5.73 Å². The van der Waals surface area contributed by atoms with Gasteiger partial charge in [-0.1, -0.05) is 72.5 Å². The number of likely N-dealkylation sites (N-methyl/N-ethyl adjacent to an activating group) is 1. The third-order valence-electron chi connectivity index (χ3n) is 5.08. The summed E-state index contributed by atoms with van der Waals surface area (Å²) in [6, 6.07) is 10.7. The van der Waals surface area contributed by atoms with Crippen LogP contribution in [0.4, 0.5) is 0 Å². The Bertz CT molecular complexity index is 757. The molecule has 1 fully saturated rings. The van der Waals surface area contributed by atoms with Crippen LogP contribution >= 0.6 is 24.0 Å². The van der Waals surface area contributed by atoms with E-state index in [9.17, 15) is 0 Å². The van der Waals surface area contributed by atoms with E-state index in [0.717, 1.165) is 42.7 Å². The van der Waals surface area contributed by atoms with E-state index in [1.54, 1.807) is 11.8 Å². The van der Waals surface area contributed by atoms with Crippen molar-refractivity contribution in [2.75, 3.05) is 39.0 Å². The minimum atomic E-state index is -0.261. The number of benzene rings is 1. The molecule has 1 saturated heterocycles. The van der Waals surface area contributed by atoms with Gasteiger partial charge in [0.2, 0.25) is 0 Å². The number of nitrogens with zero attached hydrogens (tertiary/aromatic N) is 1. The van der Waals surface area contributed by atoms with Crippen molar-refractivity contribution in [2.45, 2.75) is 12.0 Å². The minimum absolute atomic E-state index is 0.261. The van der Waals surface area contributed by atoms with Gasteiger partial charge in [0, 0.05) is 31.9 Å². The normalized spacial score (nSPS) is 18.7. The molecule has 0 spiro atoms. The van der Waals surface area contributed by atoms with Crippen molar-refractivity contribution in [1.82, 2.24) is 15.5 Å². The van der Waals surface area contributed by atoms with Crippen LogP contribution in [-0.2, 0) is 5.54 Å². The topological polar surface area (TPSA) is 27.3 Å².